The van der Waals surface area contributed by atoms with E-state index >= 15 is 0 Å². The van der Waals surface area contributed by atoms with E-state index in [2.05, 4.69) is 17.6 Å². The maximum absolute atomic E-state index is 12.0. The molecule has 0 heterocycles. The van der Waals surface area contributed by atoms with Crippen molar-refractivity contribution >= 4 is 34.7 Å². The number of amides is 1. The van der Waals surface area contributed by atoms with Crippen LogP contribution in [0.3, 0.4) is 0 Å². The van der Waals surface area contributed by atoms with Crippen molar-refractivity contribution in [3.8, 4) is 0 Å². The van der Waals surface area contributed by atoms with Crippen molar-refractivity contribution < 1.29 is 9.59 Å². The van der Waals surface area contributed by atoms with E-state index in [-0.39, 0.29) is 11.7 Å². The molecule has 0 spiro atoms. The maximum atomic E-state index is 12.0. The van der Waals surface area contributed by atoms with Crippen molar-refractivity contribution in [2.24, 2.45) is 0 Å². The van der Waals surface area contributed by atoms with E-state index in [0.29, 0.717) is 17.1 Å². The lowest BCUT2D eigenvalue weighted by Gasteiger charge is -2.10. The summed E-state index contributed by atoms with van der Waals surface area (Å²) in [6, 6.07) is 7.03. The van der Waals surface area contributed by atoms with Crippen LogP contribution in [0.25, 0.3) is 0 Å². The molecule has 0 aliphatic heterocycles. The van der Waals surface area contributed by atoms with Gasteiger partial charge in [-0.3, -0.25) is 9.59 Å². The second-order valence-corrected chi connectivity index (χ2v) is 7.83. The van der Waals surface area contributed by atoms with Crippen molar-refractivity contribution in [2.45, 2.75) is 90.9 Å². The van der Waals surface area contributed by atoms with Crippen LogP contribution in [-0.2, 0) is 4.79 Å². The Bertz CT molecular complexity index is 599. The first-order valence-corrected chi connectivity index (χ1v) is 11.2. The van der Waals surface area contributed by atoms with Crippen molar-refractivity contribution in [3.05, 3.63) is 29.8 Å². The Hall–Kier alpha value is -1.75. The number of benzene rings is 1. The average molecular weight is 405 g/mol. The molecule has 0 aliphatic rings. The van der Waals surface area contributed by atoms with Gasteiger partial charge in [-0.1, -0.05) is 71.1 Å². The van der Waals surface area contributed by atoms with Crippen molar-refractivity contribution in [3.63, 3.8) is 0 Å². The third-order valence-electron chi connectivity index (χ3n) is 4.81. The average Bonchev–Trinajstić information content (AvgIpc) is 2.66. The van der Waals surface area contributed by atoms with Crippen molar-refractivity contribution in [2.75, 3.05) is 5.32 Å². The Labute approximate surface area is 175 Å². The standard InChI is InChI=1S/C23H36N2O2S/c1-3-4-5-6-7-8-9-10-11-12-13-14-22(27)25-23(28)24-21-17-15-20(16-18-21)19(2)26/h15-18H,3-14H2,1-2H3,(H2,24,25,27,28). The second-order valence-electron chi connectivity index (χ2n) is 7.42. The molecule has 156 valence electrons. The Morgan fingerprint density at radius 1 is 0.821 bits per heavy atom. The molecule has 0 saturated heterocycles. The molecular weight excluding hydrogens is 368 g/mol. The lowest BCUT2D eigenvalue weighted by Crippen LogP contribution is -2.33. The predicted octanol–water partition coefficient (Wildman–Crippen LogP) is 6.40. The van der Waals surface area contributed by atoms with Crippen molar-refractivity contribution in [1.82, 2.24) is 5.32 Å². The maximum Gasteiger partial charge on any atom is 0.226 e. The monoisotopic (exact) mass is 404 g/mol. The van der Waals surface area contributed by atoms with Gasteiger partial charge in [0.05, 0.1) is 0 Å². The van der Waals surface area contributed by atoms with Gasteiger partial charge in [0.15, 0.2) is 10.9 Å². The summed E-state index contributed by atoms with van der Waals surface area (Å²) in [4.78, 5) is 23.2. The first-order chi connectivity index (χ1) is 13.5. The lowest BCUT2D eigenvalue weighted by molar-refractivity contribution is -0.119. The van der Waals surface area contributed by atoms with E-state index in [1.54, 1.807) is 24.3 Å². The predicted molar refractivity (Wildman–Crippen MR) is 122 cm³/mol. The smallest absolute Gasteiger partial charge is 0.226 e. The number of hydrogen-bond acceptors (Lipinski definition) is 3. The lowest BCUT2D eigenvalue weighted by atomic mass is 10.1. The van der Waals surface area contributed by atoms with Gasteiger partial charge in [0.1, 0.15) is 0 Å². The fraction of sp³-hybridized carbons (Fsp3) is 0.609. The van der Waals surface area contributed by atoms with E-state index < -0.39 is 0 Å². The summed E-state index contributed by atoms with van der Waals surface area (Å²) < 4.78 is 0. The summed E-state index contributed by atoms with van der Waals surface area (Å²) in [5.41, 5.74) is 1.40. The summed E-state index contributed by atoms with van der Waals surface area (Å²) in [6.45, 7) is 3.78. The van der Waals surface area contributed by atoms with Gasteiger partial charge in [-0.25, -0.2) is 0 Å². The van der Waals surface area contributed by atoms with E-state index in [9.17, 15) is 9.59 Å². The molecule has 1 rings (SSSR count). The third kappa shape index (κ3) is 11.9. The molecule has 0 radical (unpaired) electrons. The van der Waals surface area contributed by atoms with Crippen LogP contribution in [0.15, 0.2) is 24.3 Å². The Kier molecular flexibility index (Phi) is 13.2. The van der Waals surface area contributed by atoms with Crippen LogP contribution in [0.1, 0.15) is 101 Å². The van der Waals surface area contributed by atoms with Gasteiger partial charge in [-0.15, -0.1) is 0 Å². The topological polar surface area (TPSA) is 58.2 Å². The first-order valence-electron chi connectivity index (χ1n) is 10.7. The molecule has 0 bridgehead atoms. The van der Waals surface area contributed by atoms with Crippen LogP contribution in [0.5, 0.6) is 0 Å². The molecule has 4 nitrogen and oxygen atoms in total. The summed E-state index contributed by atoms with van der Waals surface area (Å²) >= 11 is 5.17. The van der Waals surface area contributed by atoms with Gasteiger partial charge in [0, 0.05) is 17.7 Å². The number of carbonyl (C=O) groups excluding carboxylic acids is 2. The van der Waals surface area contributed by atoms with E-state index in [0.717, 1.165) is 18.5 Å². The number of carbonyl (C=O) groups is 2. The Morgan fingerprint density at radius 3 is 1.82 bits per heavy atom. The van der Waals surface area contributed by atoms with Crippen LogP contribution in [0.2, 0.25) is 0 Å². The second kappa shape index (κ2) is 15.2. The third-order valence-corrected chi connectivity index (χ3v) is 5.01. The minimum atomic E-state index is -0.0474. The number of Topliss-reactive ketones (excluding diaryl/α,β-unsaturated/α-hetero) is 1. The van der Waals surface area contributed by atoms with Gasteiger partial charge in [0.2, 0.25) is 5.91 Å². The van der Waals surface area contributed by atoms with Gasteiger partial charge in [-0.2, -0.15) is 0 Å². The highest BCUT2D eigenvalue weighted by atomic mass is 32.1. The Balaban J connectivity index is 2.04. The van der Waals surface area contributed by atoms with Crippen LogP contribution < -0.4 is 10.6 Å². The van der Waals surface area contributed by atoms with Crippen molar-refractivity contribution in [1.29, 1.82) is 0 Å². The largest absolute Gasteiger partial charge is 0.332 e. The van der Waals surface area contributed by atoms with Crippen LogP contribution in [0.4, 0.5) is 5.69 Å². The van der Waals surface area contributed by atoms with Crippen LogP contribution in [-0.4, -0.2) is 16.8 Å². The first kappa shape index (κ1) is 24.3. The number of unbranched alkanes of at least 4 members (excludes halogenated alkanes) is 10. The van der Waals surface area contributed by atoms with Gasteiger partial charge >= 0.3 is 0 Å². The van der Waals surface area contributed by atoms with Crippen LogP contribution in [0, 0.1) is 0 Å². The normalized spacial score (nSPS) is 10.5. The number of anilines is 1. The van der Waals surface area contributed by atoms with E-state index in [4.69, 9.17) is 12.2 Å². The number of ketones is 1. The fourth-order valence-corrected chi connectivity index (χ4v) is 3.32. The zero-order valence-corrected chi connectivity index (χ0v) is 18.3. The molecule has 2 N–H and O–H groups in total. The molecule has 0 fully saturated rings. The fourth-order valence-electron chi connectivity index (χ4n) is 3.09. The molecule has 0 aromatic heterocycles. The highest BCUT2D eigenvalue weighted by Crippen LogP contribution is 2.12. The summed E-state index contributed by atoms with van der Waals surface area (Å²) in [5.74, 6) is -0.0248. The van der Waals surface area contributed by atoms with Crippen LogP contribution >= 0.6 is 12.2 Å². The molecule has 5 heteroatoms. The molecule has 1 amide bonds. The zero-order chi connectivity index (χ0) is 20.6. The number of thiocarbonyl (C=S) groups is 1. The molecule has 0 aliphatic carbocycles. The quantitative estimate of drug-likeness (QED) is 0.214. The number of hydrogen-bond donors (Lipinski definition) is 2. The Morgan fingerprint density at radius 2 is 1.32 bits per heavy atom. The van der Waals surface area contributed by atoms with Gasteiger partial charge < -0.3 is 10.6 Å². The van der Waals surface area contributed by atoms with Gasteiger partial charge in [-0.05, 0) is 49.8 Å². The zero-order valence-electron chi connectivity index (χ0n) is 17.5. The minimum Gasteiger partial charge on any atom is -0.332 e. The summed E-state index contributed by atoms with van der Waals surface area (Å²) in [7, 11) is 0. The highest BCUT2D eigenvalue weighted by Gasteiger charge is 2.05. The summed E-state index contributed by atoms with van der Waals surface area (Å²) in [6.07, 6.45) is 14.4. The number of nitrogens with one attached hydrogen (secondary N) is 2. The molecule has 0 saturated carbocycles. The van der Waals surface area contributed by atoms with E-state index in [1.165, 1.54) is 64.7 Å². The number of rotatable bonds is 14. The molecule has 1 aromatic carbocycles. The molecular formula is C23H36N2O2S. The minimum absolute atomic E-state index is 0.0226. The highest BCUT2D eigenvalue weighted by molar-refractivity contribution is 7.80. The van der Waals surface area contributed by atoms with Gasteiger partial charge in [0.25, 0.3) is 0 Å². The summed E-state index contributed by atoms with van der Waals surface area (Å²) in [5, 5.41) is 5.98. The van der Waals surface area contributed by atoms with E-state index in [1.807, 2.05) is 0 Å². The molecule has 28 heavy (non-hydrogen) atoms. The SMILES string of the molecule is CCCCCCCCCCCCCC(=O)NC(=S)Nc1ccc(C(C)=O)cc1. The molecule has 1 aromatic rings. The molecule has 0 atom stereocenters. The molecule has 0 unspecified atom stereocenters.